The molecule has 3 rings (SSSR count). The minimum absolute atomic E-state index is 0.0526. The number of thiophene rings is 1. The van der Waals surface area contributed by atoms with E-state index < -0.39 is 18.0 Å². The van der Waals surface area contributed by atoms with Gasteiger partial charge in [-0.1, -0.05) is 30.3 Å². The summed E-state index contributed by atoms with van der Waals surface area (Å²) in [6.45, 7) is -0.194. The molecule has 1 aliphatic heterocycles. The van der Waals surface area contributed by atoms with E-state index in [4.69, 9.17) is 4.74 Å². The number of hydrogen-bond acceptors (Lipinski definition) is 5. The average Bonchev–Trinajstić information content (AvgIpc) is 3.20. The predicted molar refractivity (Wildman–Crippen MR) is 88.4 cm³/mol. The zero-order valence-electron chi connectivity index (χ0n) is 12.8. The van der Waals surface area contributed by atoms with Gasteiger partial charge in [-0.15, -0.1) is 0 Å². The Balaban J connectivity index is 1.73. The second-order valence-electron chi connectivity index (χ2n) is 5.40. The fraction of sp³-hybridized carbons (Fsp3) is 0.235. The van der Waals surface area contributed by atoms with Gasteiger partial charge in [-0.05, 0) is 28.0 Å². The highest BCUT2D eigenvalue weighted by Crippen LogP contribution is 2.18. The topological polar surface area (TPSA) is 75.7 Å². The van der Waals surface area contributed by atoms with Gasteiger partial charge in [0.15, 0.2) is 6.61 Å². The van der Waals surface area contributed by atoms with Crippen molar-refractivity contribution >= 4 is 29.2 Å². The number of hydrogen-bond donors (Lipinski definition) is 1. The standard InChI is InChI=1S/C17H16N2O4S/c20-15(8-12-6-7-24-11-12)18-14(13-4-2-1-3-5-13)9-19-16(21)10-23-17(19)22/h1-7,11,14H,8-10H2,(H,18,20)/t14-/m1/s1. The van der Waals surface area contributed by atoms with E-state index in [0.717, 1.165) is 16.0 Å². The van der Waals surface area contributed by atoms with Crippen molar-refractivity contribution in [2.75, 3.05) is 13.2 Å². The molecule has 2 aromatic rings. The average molecular weight is 344 g/mol. The van der Waals surface area contributed by atoms with Crippen molar-refractivity contribution in [3.05, 3.63) is 58.3 Å². The molecule has 1 N–H and O–H groups in total. The third-order valence-electron chi connectivity index (χ3n) is 3.69. The maximum absolute atomic E-state index is 12.3. The molecular formula is C17H16N2O4S. The highest BCUT2D eigenvalue weighted by Gasteiger charge is 2.33. The summed E-state index contributed by atoms with van der Waals surface area (Å²) in [6, 6.07) is 10.7. The molecule has 124 valence electrons. The maximum atomic E-state index is 12.3. The van der Waals surface area contributed by atoms with Gasteiger partial charge in [0, 0.05) is 0 Å². The van der Waals surface area contributed by atoms with Crippen LogP contribution in [0.25, 0.3) is 0 Å². The molecule has 1 aromatic heterocycles. The van der Waals surface area contributed by atoms with Gasteiger partial charge >= 0.3 is 6.09 Å². The molecule has 0 unspecified atom stereocenters. The van der Waals surface area contributed by atoms with Crippen molar-refractivity contribution in [2.45, 2.75) is 12.5 Å². The molecule has 0 spiro atoms. The van der Waals surface area contributed by atoms with E-state index >= 15 is 0 Å². The molecule has 24 heavy (non-hydrogen) atoms. The molecule has 1 aromatic carbocycles. The van der Waals surface area contributed by atoms with Gasteiger partial charge in [0.05, 0.1) is 19.0 Å². The van der Waals surface area contributed by atoms with E-state index in [1.165, 1.54) is 11.3 Å². The van der Waals surface area contributed by atoms with Crippen LogP contribution in [0.4, 0.5) is 4.79 Å². The Morgan fingerprint density at radius 3 is 2.67 bits per heavy atom. The van der Waals surface area contributed by atoms with Crippen molar-refractivity contribution in [1.29, 1.82) is 0 Å². The van der Waals surface area contributed by atoms with Crippen LogP contribution in [0.5, 0.6) is 0 Å². The molecule has 0 saturated carbocycles. The van der Waals surface area contributed by atoms with Crippen LogP contribution in [-0.2, 0) is 20.7 Å². The summed E-state index contributed by atoms with van der Waals surface area (Å²) in [7, 11) is 0. The number of nitrogens with one attached hydrogen (secondary N) is 1. The predicted octanol–water partition coefficient (Wildman–Crippen LogP) is 2.13. The van der Waals surface area contributed by atoms with Gasteiger partial charge in [-0.25, -0.2) is 9.69 Å². The van der Waals surface area contributed by atoms with Crippen LogP contribution in [0, 0.1) is 0 Å². The molecule has 7 heteroatoms. The smallest absolute Gasteiger partial charge is 0.417 e. The lowest BCUT2D eigenvalue weighted by Crippen LogP contribution is -2.40. The van der Waals surface area contributed by atoms with Gasteiger partial charge < -0.3 is 10.1 Å². The molecule has 3 amide bonds. The van der Waals surface area contributed by atoms with Crippen LogP contribution in [-0.4, -0.2) is 36.0 Å². The maximum Gasteiger partial charge on any atom is 0.417 e. The summed E-state index contributed by atoms with van der Waals surface area (Å²) >= 11 is 1.53. The Hall–Kier alpha value is -2.67. The first-order valence-electron chi connectivity index (χ1n) is 7.46. The van der Waals surface area contributed by atoms with Crippen LogP contribution in [0.2, 0.25) is 0 Å². The third kappa shape index (κ3) is 3.80. The largest absolute Gasteiger partial charge is 0.439 e. The highest BCUT2D eigenvalue weighted by atomic mass is 32.1. The summed E-state index contributed by atoms with van der Waals surface area (Å²) in [4.78, 5) is 36.8. The van der Waals surface area contributed by atoms with E-state index in [0.29, 0.717) is 0 Å². The first-order chi connectivity index (χ1) is 11.6. The third-order valence-corrected chi connectivity index (χ3v) is 4.42. The van der Waals surface area contributed by atoms with Crippen molar-refractivity contribution in [3.8, 4) is 0 Å². The Kier molecular flexibility index (Phi) is 4.90. The lowest BCUT2D eigenvalue weighted by atomic mass is 10.1. The van der Waals surface area contributed by atoms with Crippen molar-refractivity contribution < 1.29 is 19.1 Å². The molecule has 0 radical (unpaired) electrons. The first-order valence-corrected chi connectivity index (χ1v) is 8.40. The number of ether oxygens (including phenoxy) is 1. The zero-order valence-corrected chi connectivity index (χ0v) is 13.6. The van der Waals surface area contributed by atoms with E-state index in [9.17, 15) is 14.4 Å². The van der Waals surface area contributed by atoms with E-state index in [1.54, 1.807) is 0 Å². The summed E-state index contributed by atoms with van der Waals surface area (Å²) in [5.74, 6) is -0.560. The Morgan fingerprint density at radius 2 is 2.04 bits per heavy atom. The number of carbonyl (C=O) groups is 3. The number of cyclic esters (lactones) is 1. The zero-order chi connectivity index (χ0) is 16.9. The monoisotopic (exact) mass is 344 g/mol. The SMILES string of the molecule is O=C(Cc1ccsc1)N[C@H](CN1C(=O)COC1=O)c1ccccc1. The van der Waals surface area contributed by atoms with Crippen molar-refractivity contribution in [1.82, 2.24) is 10.2 Å². The van der Waals surface area contributed by atoms with Crippen molar-refractivity contribution in [2.24, 2.45) is 0 Å². The molecule has 0 bridgehead atoms. The van der Waals surface area contributed by atoms with E-state index in [1.807, 2.05) is 47.2 Å². The van der Waals surface area contributed by atoms with Gasteiger partial charge in [0.2, 0.25) is 5.91 Å². The quantitative estimate of drug-likeness (QED) is 0.871. The van der Waals surface area contributed by atoms with Crippen molar-refractivity contribution in [3.63, 3.8) is 0 Å². The molecule has 1 atom stereocenters. The van der Waals surface area contributed by atoms with E-state index in [-0.39, 0.29) is 25.5 Å². The minimum Gasteiger partial charge on any atom is -0.439 e. The number of imide groups is 1. The van der Waals surface area contributed by atoms with Crippen LogP contribution in [0.3, 0.4) is 0 Å². The summed E-state index contributed by atoms with van der Waals surface area (Å²) in [6.07, 6.45) is -0.418. The van der Waals surface area contributed by atoms with Crippen LogP contribution >= 0.6 is 11.3 Å². The molecule has 1 aliphatic rings. The fourth-order valence-electron chi connectivity index (χ4n) is 2.48. The number of amides is 3. The molecule has 6 nitrogen and oxygen atoms in total. The number of rotatable bonds is 6. The molecule has 1 fully saturated rings. The summed E-state index contributed by atoms with van der Waals surface area (Å²) in [5, 5.41) is 6.73. The molecule has 2 heterocycles. The molecular weight excluding hydrogens is 328 g/mol. The Bertz CT molecular complexity index is 714. The first kappa shape index (κ1) is 16.2. The summed E-state index contributed by atoms with van der Waals surface area (Å²) < 4.78 is 4.73. The second kappa shape index (κ2) is 7.27. The number of nitrogens with zero attached hydrogens (tertiary/aromatic N) is 1. The second-order valence-corrected chi connectivity index (χ2v) is 6.18. The Labute approximate surface area is 143 Å². The molecule has 0 aliphatic carbocycles. The summed E-state index contributed by atoms with van der Waals surface area (Å²) in [5.41, 5.74) is 1.75. The van der Waals surface area contributed by atoms with Gasteiger partial charge in [-0.2, -0.15) is 11.3 Å². The molecule has 1 saturated heterocycles. The number of carbonyl (C=O) groups excluding carboxylic acids is 3. The fourth-order valence-corrected chi connectivity index (χ4v) is 3.15. The lowest BCUT2D eigenvalue weighted by molar-refractivity contribution is -0.127. The normalized spacial score (nSPS) is 15.2. The van der Waals surface area contributed by atoms with Gasteiger partial charge in [0.1, 0.15) is 0 Å². The van der Waals surface area contributed by atoms with Gasteiger partial charge in [0.25, 0.3) is 5.91 Å². The number of benzene rings is 1. The van der Waals surface area contributed by atoms with Gasteiger partial charge in [-0.3, -0.25) is 9.59 Å². The minimum atomic E-state index is -0.673. The highest BCUT2D eigenvalue weighted by molar-refractivity contribution is 7.08. The van der Waals surface area contributed by atoms with Crippen LogP contribution in [0.1, 0.15) is 17.2 Å². The van der Waals surface area contributed by atoms with Crippen LogP contribution < -0.4 is 5.32 Å². The van der Waals surface area contributed by atoms with Crippen LogP contribution in [0.15, 0.2) is 47.2 Å². The van der Waals surface area contributed by atoms with E-state index in [2.05, 4.69) is 5.32 Å². The lowest BCUT2D eigenvalue weighted by Gasteiger charge is -2.22. The Morgan fingerprint density at radius 1 is 1.25 bits per heavy atom.